The van der Waals surface area contributed by atoms with E-state index >= 15 is 0 Å². The summed E-state index contributed by atoms with van der Waals surface area (Å²) in [6.07, 6.45) is 3.60. The van der Waals surface area contributed by atoms with E-state index in [1.807, 2.05) is 41.7 Å². The fourth-order valence-electron chi connectivity index (χ4n) is 1.96. The fraction of sp³-hybridized carbons (Fsp3) is 0.214. The molecule has 0 fully saturated rings. The van der Waals surface area contributed by atoms with Gasteiger partial charge in [0.2, 0.25) is 0 Å². The van der Waals surface area contributed by atoms with Gasteiger partial charge >= 0.3 is 0 Å². The van der Waals surface area contributed by atoms with Crippen molar-refractivity contribution in [3.05, 3.63) is 42.0 Å². The maximum atomic E-state index is 12.1. The summed E-state index contributed by atoms with van der Waals surface area (Å²) < 4.78 is 6.72. The second-order valence-corrected chi connectivity index (χ2v) is 4.95. The lowest BCUT2D eigenvalue weighted by Gasteiger charge is -2.11. The van der Waals surface area contributed by atoms with Crippen molar-refractivity contribution >= 4 is 23.1 Å². The number of nitrogens with zero attached hydrogens (tertiary/aromatic N) is 4. The summed E-state index contributed by atoms with van der Waals surface area (Å²) in [5.41, 5.74) is 2.06. The Bertz CT molecular complexity index is 803. The van der Waals surface area contributed by atoms with Gasteiger partial charge in [0, 0.05) is 32.6 Å². The van der Waals surface area contributed by atoms with E-state index in [0.717, 1.165) is 5.69 Å². The summed E-state index contributed by atoms with van der Waals surface area (Å²) in [6, 6.07) is 5.47. The zero-order valence-corrected chi connectivity index (χ0v) is 12.0. The molecular formula is C14H15N5O2. The molecule has 0 aliphatic carbocycles. The predicted molar refractivity (Wildman–Crippen MR) is 78.7 cm³/mol. The van der Waals surface area contributed by atoms with E-state index in [1.165, 1.54) is 0 Å². The molecule has 7 heteroatoms. The van der Waals surface area contributed by atoms with Gasteiger partial charge in [-0.25, -0.2) is 4.98 Å². The van der Waals surface area contributed by atoms with Crippen LogP contribution in [0.2, 0.25) is 0 Å². The third kappa shape index (κ3) is 2.58. The van der Waals surface area contributed by atoms with Crippen LogP contribution in [-0.2, 0) is 0 Å². The van der Waals surface area contributed by atoms with Crippen molar-refractivity contribution in [1.82, 2.24) is 14.5 Å². The van der Waals surface area contributed by atoms with Crippen LogP contribution in [0.3, 0.4) is 0 Å². The first-order chi connectivity index (χ1) is 10.0. The number of carbonyl (C=O) groups is 1. The summed E-state index contributed by atoms with van der Waals surface area (Å²) in [5, 5.41) is 6.37. The van der Waals surface area contributed by atoms with Gasteiger partial charge in [-0.3, -0.25) is 4.79 Å². The Balaban J connectivity index is 1.88. The van der Waals surface area contributed by atoms with Crippen LogP contribution in [0.5, 0.6) is 0 Å². The van der Waals surface area contributed by atoms with Gasteiger partial charge in [-0.15, -0.1) is 0 Å². The van der Waals surface area contributed by atoms with E-state index in [9.17, 15) is 4.79 Å². The zero-order chi connectivity index (χ0) is 15.0. The SMILES string of the molecule is Cc1cc(NC(=O)c2cn3cc(N(C)C)ccc3n2)no1. The topological polar surface area (TPSA) is 75.7 Å². The van der Waals surface area contributed by atoms with Crippen molar-refractivity contribution in [1.29, 1.82) is 0 Å². The van der Waals surface area contributed by atoms with E-state index in [0.29, 0.717) is 22.9 Å². The normalized spacial score (nSPS) is 10.8. The molecule has 0 aliphatic heterocycles. The number of imidazole rings is 1. The van der Waals surface area contributed by atoms with Gasteiger partial charge in [0.1, 0.15) is 17.1 Å². The minimum absolute atomic E-state index is 0.321. The molecule has 3 aromatic heterocycles. The highest BCUT2D eigenvalue weighted by Crippen LogP contribution is 2.15. The van der Waals surface area contributed by atoms with E-state index < -0.39 is 0 Å². The number of aryl methyl sites for hydroxylation is 1. The molecule has 0 bridgehead atoms. The Hall–Kier alpha value is -2.83. The molecule has 3 rings (SSSR count). The number of nitrogens with one attached hydrogen (secondary N) is 1. The molecule has 7 nitrogen and oxygen atoms in total. The molecule has 21 heavy (non-hydrogen) atoms. The van der Waals surface area contributed by atoms with Crippen molar-refractivity contribution < 1.29 is 9.32 Å². The highest BCUT2D eigenvalue weighted by molar-refractivity contribution is 6.02. The Labute approximate surface area is 121 Å². The first-order valence-corrected chi connectivity index (χ1v) is 6.44. The van der Waals surface area contributed by atoms with Crippen molar-refractivity contribution in [2.75, 3.05) is 24.3 Å². The molecule has 1 amide bonds. The summed E-state index contributed by atoms with van der Waals surface area (Å²) in [6.45, 7) is 1.76. The number of carbonyl (C=O) groups excluding carboxylic acids is 1. The second-order valence-electron chi connectivity index (χ2n) is 4.95. The quantitative estimate of drug-likeness (QED) is 0.796. The smallest absolute Gasteiger partial charge is 0.277 e. The summed E-state index contributed by atoms with van der Waals surface area (Å²) in [4.78, 5) is 18.4. The van der Waals surface area contributed by atoms with Gasteiger partial charge in [0.05, 0.1) is 5.69 Å². The minimum Gasteiger partial charge on any atom is -0.376 e. The average molecular weight is 285 g/mol. The van der Waals surface area contributed by atoms with E-state index in [4.69, 9.17) is 4.52 Å². The first kappa shape index (κ1) is 13.2. The minimum atomic E-state index is -0.321. The highest BCUT2D eigenvalue weighted by Gasteiger charge is 2.13. The molecule has 108 valence electrons. The maximum absolute atomic E-state index is 12.1. The molecule has 0 atom stereocenters. The maximum Gasteiger partial charge on any atom is 0.277 e. The summed E-state index contributed by atoms with van der Waals surface area (Å²) in [5.74, 6) is 0.692. The van der Waals surface area contributed by atoms with E-state index in [2.05, 4.69) is 15.5 Å². The Kier molecular flexibility index (Phi) is 3.09. The van der Waals surface area contributed by atoms with Crippen LogP contribution in [0.1, 0.15) is 16.2 Å². The Morgan fingerprint density at radius 1 is 1.33 bits per heavy atom. The fourth-order valence-corrected chi connectivity index (χ4v) is 1.96. The summed E-state index contributed by atoms with van der Waals surface area (Å²) >= 11 is 0. The largest absolute Gasteiger partial charge is 0.376 e. The molecule has 0 saturated carbocycles. The molecule has 0 aliphatic rings. The van der Waals surface area contributed by atoms with Gasteiger partial charge in [0.15, 0.2) is 5.82 Å². The third-order valence-electron chi connectivity index (χ3n) is 3.05. The van der Waals surface area contributed by atoms with E-state index in [-0.39, 0.29) is 5.91 Å². The van der Waals surface area contributed by atoms with Crippen LogP contribution in [0, 0.1) is 6.92 Å². The van der Waals surface area contributed by atoms with Crippen LogP contribution in [0.4, 0.5) is 11.5 Å². The molecule has 0 radical (unpaired) electrons. The number of hydrogen-bond donors (Lipinski definition) is 1. The zero-order valence-electron chi connectivity index (χ0n) is 12.0. The highest BCUT2D eigenvalue weighted by atomic mass is 16.5. The summed E-state index contributed by atoms with van der Waals surface area (Å²) in [7, 11) is 3.91. The van der Waals surface area contributed by atoms with Crippen molar-refractivity contribution in [3.8, 4) is 0 Å². The molecule has 0 unspecified atom stereocenters. The lowest BCUT2D eigenvalue weighted by Crippen LogP contribution is -2.12. The average Bonchev–Trinajstić information content (AvgIpc) is 3.03. The number of anilines is 2. The van der Waals surface area contributed by atoms with Crippen molar-refractivity contribution in [2.45, 2.75) is 6.92 Å². The molecular weight excluding hydrogens is 270 g/mol. The lowest BCUT2D eigenvalue weighted by molar-refractivity contribution is 0.102. The van der Waals surface area contributed by atoms with Gasteiger partial charge in [0.25, 0.3) is 5.91 Å². The molecule has 0 aromatic carbocycles. The van der Waals surface area contributed by atoms with Crippen molar-refractivity contribution in [2.24, 2.45) is 0 Å². The van der Waals surface area contributed by atoms with Gasteiger partial charge in [-0.05, 0) is 19.1 Å². The van der Waals surface area contributed by atoms with Gasteiger partial charge < -0.3 is 19.1 Å². The Morgan fingerprint density at radius 3 is 2.81 bits per heavy atom. The lowest BCUT2D eigenvalue weighted by atomic mass is 10.4. The van der Waals surface area contributed by atoms with Gasteiger partial charge in [-0.1, -0.05) is 5.16 Å². The van der Waals surface area contributed by atoms with Gasteiger partial charge in [-0.2, -0.15) is 0 Å². The first-order valence-electron chi connectivity index (χ1n) is 6.44. The number of hydrogen-bond acceptors (Lipinski definition) is 5. The number of amides is 1. The molecule has 3 aromatic rings. The third-order valence-corrected chi connectivity index (χ3v) is 3.05. The van der Waals surface area contributed by atoms with Crippen LogP contribution < -0.4 is 10.2 Å². The van der Waals surface area contributed by atoms with Crippen LogP contribution >= 0.6 is 0 Å². The molecule has 3 heterocycles. The van der Waals surface area contributed by atoms with Crippen LogP contribution in [0.25, 0.3) is 5.65 Å². The van der Waals surface area contributed by atoms with Crippen LogP contribution in [-0.4, -0.2) is 34.5 Å². The number of aromatic nitrogens is 3. The standard InChI is InChI=1S/C14H15N5O2/c1-9-6-12(17-21-9)16-14(20)11-8-19-7-10(18(2)3)4-5-13(19)15-11/h4-8H,1-3H3,(H,16,17,20). The predicted octanol–water partition coefficient (Wildman–Crippen LogP) is 1.95. The number of rotatable bonds is 3. The Morgan fingerprint density at radius 2 is 2.14 bits per heavy atom. The van der Waals surface area contributed by atoms with Crippen LogP contribution in [0.15, 0.2) is 35.1 Å². The monoisotopic (exact) mass is 285 g/mol. The van der Waals surface area contributed by atoms with E-state index in [1.54, 1.807) is 19.2 Å². The number of fused-ring (bicyclic) bond motifs is 1. The second kappa shape index (κ2) is 4.93. The molecule has 1 N–H and O–H groups in total. The number of pyridine rings is 1. The van der Waals surface area contributed by atoms with Crippen molar-refractivity contribution in [3.63, 3.8) is 0 Å². The molecule has 0 spiro atoms. The molecule has 0 saturated heterocycles.